The molecule has 0 bridgehead atoms. The van der Waals surface area contributed by atoms with E-state index in [1.54, 1.807) is 12.3 Å². The van der Waals surface area contributed by atoms with Gasteiger partial charge in [-0.1, -0.05) is 11.6 Å². The molecule has 1 N–H and O–H groups in total. The lowest BCUT2D eigenvalue weighted by atomic mass is 10.2. The van der Waals surface area contributed by atoms with Crippen LogP contribution in [0.5, 0.6) is 0 Å². The number of hydrogen-bond acceptors (Lipinski definition) is 5. The zero-order valence-corrected chi connectivity index (χ0v) is 15.4. The average molecular weight is 402 g/mol. The number of nitrogens with zero attached hydrogens (tertiary/aromatic N) is 1. The van der Waals surface area contributed by atoms with Gasteiger partial charge < -0.3 is 9.52 Å². The molecule has 3 rings (SSSR count). The van der Waals surface area contributed by atoms with Crippen molar-refractivity contribution >= 4 is 39.4 Å². The van der Waals surface area contributed by atoms with Crippen molar-refractivity contribution in [3.05, 3.63) is 53.4 Å². The fourth-order valence-electron chi connectivity index (χ4n) is 2.72. The normalized spacial score (nSPS) is 21.5. The number of halogens is 1. The highest BCUT2D eigenvalue weighted by Gasteiger charge is 2.44. The minimum absolute atomic E-state index is 0.0415. The first-order valence-corrected chi connectivity index (χ1v) is 10.4. The summed E-state index contributed by atoms with van der Waals surface area (Å²) in [6.45, 7) is 0.146. The van der Waals surface area contributed by atoms with E-state index in [1.165, 1.54) is 36.0 Å². The smallest absolute Gasteiger partial charge is 0.322 e. The van der Waals surface area contributed by atoms with Gasteiger partial charge in [0.15, 0.2) is 0 Å². The maximum atomic E-state index is 12.8. The number of furan rings is 1. The molecule has 9 heteroatoms. The van der Waals surface area contributed by atoms with Gasteiger partial charge in [0.1, 0.15) is 11.8 Å². The van der Waals surface area contributed by atoms with Gasteiger partial charge in [0.25, 0.3) is 0 Å². The molecule has 0 spiro atoms. The molecule has 0 radical (unpaired) electrons. The maximum Gasteiger partial charge on any atom is 0.322 e. The van der Waals surface area contributed by atoms with E-state index >= 15 is 0 Å². The third-order valence-corrected chi connectivity index (χ3v) is 7.37. The van der Waals surface area contributed by atoms with E-state index in [0.29, 0.717) is 10.8 Å². The molecule has 2 atom stereocenters. The molecule has 1 aromatic heterocycles. The van der Waals surface area contributed by atoms with Crippen LogP contribution in [-0.4, -0.2) is 41.6 Å². The van der Waals surface area contributed by atoms with Crippen LogP contribution < -0.4 is 0 Å². The zero-order valence-electron chi connectivity index (χ0n) is 13.0. The Balaban J connectivity index is 1.78. The van der Waals surface area contributed by atoms with Gasteiger partial charge in [-0.05, 0) is 42.8 Å². The molecule has 134 valence electrons. The minimum atomic E-state index is -3.90. The number of benzene rings is 1. The first kappa shape index (κ1) is 18.3. The number of carboxylic acid groups (broad SMARTS) is 1. The second-order valence-corrected chi connectivity index (χ2v) is 9.25. The van der Waals surface area contributed by atoms with Crippen molar-refractivity contribution in [2.45, 2.75) is 28.4 Å². The van der Waals surface area contributed by atoms with E-state index in [0.717, 1.165) is 10.1 Å². The van der Waals surface area contributed by atoms with E-state index < -0.39 is 22.0 Å². The summed E-state index contributed by atoms with van der Waals surface area (Å²) < 4.78 is 32.0. The lowest BCUT2D eigenvalue weighted by molar-refractivity contribution is -0.140. The highest BCUT2D eigenvalue weighted by Crippen LogP contribution is 2.34. The Labute approximate surface area is 154 Å². The fraction of sp³-hybridized carbons (Fsp3) is 0.312. The van der Waals surface area contributed by atoms with Crippen molar-refractivity contribution in [1.29, 1.82) is 0 Å². The molecule has 0 unspecified atom stereocenters. The number of hydrogen-bond donors (Lipinski definition) is 1. The Morgan fingerprint density at radius 2 is 2.04 bits per heavy atom. The number of carboxylic acids is 1. The second-order valence-electron chi connectivity index (χ2n) is 5.63. The fourth-order valence-corrected chi connectivity index (χ4v) is 5.72. The Hall–Kier alpha value is -1.48. The number of rotatable bonds is 6. The summed E-state index contributed by atoms with van der Waals surface area (Å²) in [5.74, 6) is 0.202. The molecule has 1 aliphatic heterocycles. The molecule has 6 nitrogen and oxygen atoms in total. The molecule has 2 heterocycles. The van der Waals surface area contributed by atoms with Gasteiger partial charge in [0.2, 0.25) is 10.0 Å². The molecule has 1 saturated heterocycles. The van der Waals surface area contributed by atoms with Crippen LogP contribution in [0.4, 0.5) is 0 Å². The molecule has 1 aromatic carbocycles. The van der Waals surface area contributed by atoms with Gasteiger partial charge in [-0.25, -0.2) is 8.42 Å². The molecular formula is C16H16ClNO5S2. The van der Waals surface area contributed by atoms with E-state index in [1.807, 2.05) is 6.07 Å². The van der Waals surface area contributed by atoms with Crippen LogP contribution in [-0.2, 0) is 20.6 Å². The van der Waals surface area contributed by atoms with Gasteiger partial charge in [0, 0.05) is 16.8 Å². The molecule has 0 amide bonds. The quantitative estimate of drug-likeness (QED) is 0.800. The predicted molar refractivity (Wildman–Crippen MR) is 95.2 cm³/mol. The summed E-state index contributed by atoms with van der Waals surface area (Å²) >= 11 is 7.30. The van der Waals surface area contributed by atoms with Crippen LogP contribution in [0.25, 0.3) is 0 Å². The lowest BCUT2D eigenvalue weighted by Crippen LogP contribution is -2.40. The Morgan fingerprint density at radius 1 is 1.32 bits per heavy atom. The second kappa shape index (κ2) is 7.41. The van der Waals surface area contributed by atoms with Crippen molar-refractivity contribution in [2.24, 2.45) is 0 Å². The van der Waals surface area contributed by atoms with Gasteiger partial charge in [-0.3, -0.25) is 4.79 Å². The first-order chi connectivity index (χ1) is 11.9. The summed E-state index contributed by atoms with van der Waals surface area (Å²) in [6.07, 6.45) is 1.83. The van der Waals surface area contributed by atoms with Crippen molar-refractivity contribution < 1.29 is 22.7 Å². The van der Waals surface area contributed by atoms with E-state index in [4.69, 9.17) is 16.0 Å². The highest BCUT2D eigenvalue weighted by atomic mass is 35.5. The van der Waals surface area contributed by atoms with Crippen molar-refractivity contribution in [1.82, 2.24) is 4.31 Å². The van der Waals surface area contributed by atoms with Crippen LogP contribution >= 0.6 is 23.4 Å². The SMILES string of the molecule is O=C(O)[C@@H]1C[C@H](SCc2ccco2)CN1S(=O)(=O)c1ccc(Cl)cc1. The van der Waals surface area contributed by atoms with Crippen LogP contribution in [0.2, 0.25) is 5.02 Å². The number of thioether (sulfide) groups is 1. The summed E-state index contributed by atoms with van der Waals surface area (Å²) in [6, 6.07) is 8.27. The van der Waals surface area contributed by atoms with Gasteiger partial charge in [-0.15, -0.1) is 11.8 Å². The Kier molecular flexibility index (Phi) is 5.43. The Bertz CT molecular complexity index is 836. The maximum absolute atomic E-state index is 12.8. The third-order valence-electron chi connectivity index (χ3n) is 3.96. The number of carbonyl (C=O) groups is 1. The third kappa shape index (κ3) is 4.03. The van der Waals surface area contributed by atoms with Gasteiger partial charge >= 0.3 is 5.97 Å². The van der Waals surface area contributed by atoms with Crippen LogP contribution in [0.15, 0.2) is 52.0 Å². The van der Waals surface area contributed by atoms with Gasteiger partial charge in [-0.2, -0.15) is 4.31 Å². The van der Waals surface area contributed by atoms with E-state index in [2.05, 4.69) is 0 Å². The number of sulfonamides is 1. The summed E-state index contributed by atoms with van der Waals surface area (Å²) in [5.41, 5.74) is 0. The summed E-state index contributed by atoms with van der Waals surface area (Å²) in [7, 11) is -3.90. The van der Waals surface area contributed by atoms with Crippen LogP contribution in [0.1, 0.15) is 12.2 Å². The topological polar surface area (TPSA) is 87.8 Å². The summed E-state index contributed by atoms with van der Waals surface area (Å²) in [5, 5.41) is 9.75. The first-order valence-electron chi connectivity index (χ1n) is 7.52. The van der Waals surface area contributed by atoms with E-state index in [-0.39, 0.29) is 23.1 Å². The monoisotopic (exact) mass is 401 g/mol. The molecule has 0 saturated carbocycles. The predicted octanol–water partition coefficient (Wildman–Crippen LogP) is 3.08. The largest absolute Gasteiger partial charge is 0.480 e. The lowest BCUT2D eigenvalue weighted by Gasteiger charge is -2.21. The van der Waals surface area contributed by atoms with Crippen LogP contribution in [0.3, 0.4) is 0 Å². The molecule has 25 heavy (non-hydrogen) atoms. The average Bonchev–Trinajstić information content (AvgIpc) is 3.23. The zero-order chi connectivity index (χ0) is 18.0. The molecule has 1 fully saturated rings. The van der Waals surface area contributed by atoms with Crippen molar-refractivity contribution in [3.8, 4) is 0 Å². The number of aliphatic carboxylic acids is 1. The molecular weight excluding hydrogens is 386 g/mol. The highest BCUT2D eigenvalue weighted by molar-refractivity contribution is 7.99. The van der Waals surface area contributed by atoms with Crippen molar-refractivity contribution in [3.63, 3.8) is 0 Å². The molecule has 1 aliphatic rings. The molecule has 2 aromatic rings. The minimum Gasteiger partial charge on any atom is -0.480 e. The molecule has 0 aliphatic carbocycles. The summed E-state index contributed by atoms with van der Waals surface area (Å²) in [4.78, 5) is 11.6. The van der Waals surface area contributed by atoms with E-state index in [9.17, 15) is 18.3 Å². The van der Waals surface area contributed by atoms with Crippen LogP contribution in [0, 0.1) is 0 Å². The van der Waals surface area contributed by atoms with Gasteiger partial charge in [0.05, 0.1) is 16.9 Å². The van der Waals surface area contributed by atoms with Crippen molar-refractivity contribution in [2.75, 3.05) is 6.54 Å². The standard InChI is InChI=1S/C16H16ClNO5S2/c17-11-3-5-14(6-4-11)25(21,22)18-9-13(8-15(18)16(19)20)24-10-12-2-1-7-23-12/h1-7,13,15H,8-10H2,(H,19,20)/t13-,15-/m0/s1. The Morgan fingerprint density at radius 3 is 2.64 bits per heavy atom.